The second-order valence-electron chi connectivity index (χ2n) is 29.1. The molecule has 1 aliphatic carbocycles. The zero-order valence-corrected chi connectivity index (χ0v) is 75.1. The van der Waals surface area contributed by atoms with Crippen molar-refractivity contribution in [3.8, 4) is 17.2 Å². The molecule has 4 amide bonds. The summed E-state index contributed by atoms with van der Waals surface area (Å²) in [6.07, 6.45) is 8.35. The maximum atomic E-state index is 13.1. The number of para-hydroxylation sites is 3. The highest BCUT2D eigenvalue weighted by Gasteiger charge is 2.30. The summed E-state index contributed by atoms with van der Waals surface area (Å²) < 4.78 is 160. The first-order valence-electron chi connectivity index (χ1n) is 38.7. The van der Waals surface area contributed by atoms with Gasteiger partial charge in [0.1, 0.15) is 40.1 Å². The van der Waals surface area contributed by atoms with E-state index in [1.807, 2.05) is 143 Å². The van der Waals surface area contributed by atoms with Gasteiger partial charge in [0.15, 0.2) is 0 Å². The number of fused-ring (bicyclic) bond motifs is 3. The summed E-state index contributed by atoms with van der Waals surface area (Å²) in [5.41, 5.74) is 10.4. The van der Waals surface area contributed by atoms with Crippen LogP contribution in [-0.4, -0.2) is 143 Å². The maximum Gasteiger partial charge on any atom is 0.281 e. The Kier molecular flexibility index (Phi) is 32.5. The van der Waals surface area contributed by atoms with Crippen molar-refractivity contribution in [2.75, 3.05) is 56.7 Å². The molecule has 0 saturated heterocycles. The Morgan fingerprint density at radius 3 is 1.13 bits per heavy atom. The first kappa shape index (κ1) is 94.1. The molecule has 37 heteroatoms. The summed E-state index contributed by atoms with van der Waals surface area (Å²) in [6.45, 7) is 13.3. The highest BCUT2D eigenvalue weighted by atomic mass is 35.5. The van der Waals surface area contributed by atoms with E-state index in [9.17, 15) is 61.3 Å². The molecule has 0 radical (unpaired) electrons. The quantitative estimate of drug-likeness (QED) is 0.0167. The molecule has 1 aliphatic rings. The predicted molar refractivity (Wildman–Crippen MR) is 474 cm³/mol. The van der Waals surface area contributed by atoms with Crippen LogP contribution in [0, 0.1) is 48.5 Å². The molecule has 1 saturated carbocycles. The maximum absolute atomic E-state index is 13.1. The molecular weight excluding hydrogens is 1760 g/mol. The van der Waals surface area contributed by atoms with E-state index in [-0.39, 0.29) is 45.1 Å². The fraction of sp³-hybridized carbons (Fsp3) is 0.333. The van der Waals surface area contributed by atoms with Crippen molar-refractivity contribution in [1.82, 2.24) is 43.9 Å². The lowest BCUT2D eigenvalue weighted by atomic mass is 10.0. The third-order valence-corrected chi connectivity index (χ3v) is 29.6. The zero-order valence-electron chi connectivity index (χ0n) is 67.3. The van der Waals surface area contributed by atoms with Crippen LogP contribution < -0.4 is 43.1 Å². The molecule has 648 valence electrons. The Hall–Kier alpha value is -9.16. The van der Waals surface area contributed by atoms with Gasteiger partial charge in [-0.25, -0.2) is 65.7 Å². The fourth-order valence-electron chi connectivity index (χ4n) is 13.8. The number of aromatic nitrogens is 3. The van der Waals surface area contributed by atoms with Gasteiger partial charge in [0.25, 0.3) is 23.6 Å². The van der Waals surface area contributed by atoms with Crippen LogP contribution >= 0.6 is 58.0 Å². The molecule has 4 aromatic heterocycles. The van der Waals surface area contributed by atoms with Crippen LogP contribution in [0.3, 0.4) is 0 Å². The minimum Gasteiger partial charge on any atom is -0.494 e. The van der Waals surface area contributed by atoms with Gasteiger partial charge in [-0.1, -0.05) is 132 Å². The van der Waals surface area contributed by atoms with Crippen LogP contribution in [0.25, 0.3) is 32.7 Å². The van der Waals surface area contributed by atoms with Crippen molar-refractivity contribution >= 4 is 164 Å². The number of nitrogens with one attached hydrogen (secondary N) is 9. The van der Waals surface area contributed by atoms with Crippen LogP contribution in [0.15, 0.2) is 149 Å². The van der Waals surface area contributed by atoms with Gasteiger partial charge in [-0.05, 0) is 229 Å². The molecule has 1 fully saturated rings. The molecule has 7 aromatic carbocycles. The number of carbonyl (C=O) groups is 4. The molecule has 0 spiro atoms. The SMILES string of the molecule is Cc1cc(OCCCc2c(C(=O)NS(=O)(=O)CCNC(=O)c3ccoc3C)[nH]c3ccccc23)cc(C)c1Cl.Cc1cc(OCCCc2c(C(=O)NS(=O)(=O)CCNS(=O)(=O)C3CCCCC3)[nH]c3ccccc23)cc(C)c1Cl.Cc1cc(OCCCc2c(C(=O)NS(=O)(=O)CCNS(=O)(=O)c3ccc(Cl)c(Cl)c3)[nH]c3ccccc23)cc(C)c1Cl. The van der Waals surface area contributed by atoms with Gasteiger partial charge in [0.05, 0.1) is 69.1 Å². The molecule has 121 heavy (non-hydrogen) atoms. The van der Waals surface area contributed by atoms with Gasteiger partial charge in [0.2, 0.25) is 50.1 Å². The van der Waals surface area contributed by atoms with E-state index in [0.29, 0.717) is 143 Å². The second kappa shape index (κ2) is 41.8. The molecule has 0 atom stereocenters. The van der Waals surface area contributed by atoms with Crippen LogP contribution in [0.5, 0.6) is 17.2 Å². The smallest absolute Gasteiger partial charge is 0.281 e. The highest BCUT2D eigenvalue weighted by molar-refractivity contribution is 7.91. The molecule has 0 unspecified atom stereocenters. The molecule has 11 aromatic rings. The Bertz CT molecular complexity index is 6180. The Balaban J connectivity index is 0.000000191. The lowest BCUT2D eigenvalue weighted by molar-refractivity contribution is 0.0950. The number of H-pyrrole nitrogens is 3. The lowest BCUT2D eigenvalue weighted by Gasteiger charge is -2.21. The molecule has 12 rings (SSSR count). The summed E-state index contributed by atoms with van der Waals surface area (Å²) in [7, 11) is -20.0. The van der Waals surface area contributed by atoms with E-state index >= 15 is 0 Å². The molecule has 27 nitrogen and oxygen atoms in total. The topological polar surface area (TPSA) is 399 Å². The van der Waals surface area contributed by atoms with Gasteiger partial charge < -0.3 is 38.9 Å². The van der Waals surface area contributed by atoms with Crippen LogP contribution in [0.4, 0.5) is 0 Å². The van der Waals surface area contributed by atoms with Crippen molar-refractivity contribution in [2.45, 2.75) is 129 Å². The van der Waals surface area contributed by atoms with Crippen molar-refractivity contribution in [1.29, 1.82) is 0 Å². The van der Waals surface area contributed by atoms with E-state index in [0.717, 1.165) is 80.4 Å². The Labute approximate surface area is 729 Å². The third-order valence-electron chi connectivity index (χ3n) is 19.9. The summed E-state index contributed by atoms with van der Waals surface area (Å²) in [5, 5.41) is 6.80. The van der Waals surface area contributed by atoms with Crippen LogP contribution in [-0.2, 0) is 69.4 Å². The first-order valence-corrected chi connectivity index (χ1v) is 48.5. The number of carbonyl (C=O) groups excluding carboxylic acids is 4. The number of ether oxygens (including phenoxy) is 3. The summed E-state index contributed by atoms with van der Waals surface area (Å²) in [6, 6.07) is 38.5. The highest BCUT2D eigenvalue weighted by Crippen LogP contribution is 2.33. The number of sulfonamides is 5. The van der Waals surface area contributed by atoms with Crippen LogP contribution in [0.1, 0.15) is 149 Å². The predicted octanol–water partition coefficient (Wildman–Crippen LogP) is 15.4. The van der Waals surface area contributed by atoms with Gasteiger partial charge in [-0.2, -0.15) is 0 Å². The summed E-state index contributed by atoms with van der Waals surface area (Å²) in [5.74, 6) is -2.00. The standard InChI is InChI=1S/C28H28Cl3N3O6S2.C28H36ClN3O6S2.C28H30ClN3O6S/c1-17-14-19(15-18(2)26(17)31)40-12-5-7-22-21-6-3-4-8-25(21)33-27(22)28(35)34-41(36,37)13-11-32-42(38,39)20-9-10-23(29)24(30)16-20;1-19-17-21(18-20(2)26(19)29)38-15-8-12-24-23-11-6-7-13-25(23)31-27(24)28(33)32-39(34,35)16-14-30-40(36,37)22-9-4-3-5-10-22;1-17-15-20(16-18(2)25(17)29)38-12-6-8-23-22-7-4-5-9-24(22)31-26(23)28(34)32-39(35,36)14-11-30-27(33)21-10-13-37-19(21)3/h3-4,6,8-10,14-16,32-33H,5,7,11-13H2,1-2H3,(H,34,35);6-7,11,13,17-18,22,30-31H,3-5,8-10,12,14-16H2,1-2H3,(H,32,33);4-5,7,9-10,13,15-16,31H,6,8,11-12,14H2,1-3H3,(H,30,33)(H,32,34). The number of furan rings is 1. The van der Waals surface area contributed by atoms with Crippen LogP contribution in [0.2, 0.25) is 25.1 Å². The Morgan fingerprint density at radius 2 is 0.777 bits per heavy atom. The zero-order chi connectivity index (χ0) is 87.7. The lowest BCUT2D eigenvalue weighted by Crippen LogP contribution is -2.41. The molecule has 9 N–H and O–H groups in total. The van der Waals surface area contributed by atoms with E-state index in [4.69, 9.17) is 76.6 Å². The first-order chi connectivity index (χ1) is 57.3. The molecule has 0 aliphatic heterocycles. The number of aromatic amines is 3. The largest absolute Gasteiger partial charge is 0.494 e. The minimum absolute atomic E-state index is 0.0373. The van der Waals surface area contributed by atoms with Gasteiger partial charge >= 0.3 is 0 Å². The number of rotatable bonds is 35. The number of hydrogen-bond donors (Lipinski definition) is 9. The fourth-order valence-corrected chi connectivity index (χ4v) is 20.0. The van der Waals surface area contributed by atoms with Crippen molar-refractivity contribution in [3.05, 3.63) is 243 Å². The van der Waals surface area contributed by atoms with E-state index in [1.165, 1.54) is 24.5 Å². The summed E-state index contributed by atoms with van der Waals surface area (Å²) >= 11 is 30.4. The van der Waals surface area contributed by atoms with Crippen molar-refractivity contribution in [3.63, 3.8) is 0 Å². The second-order valence-corrected chi connectivity index (χ2v) is 40.4. The third kappa shape index (κ3) is 25.7. The number of aryl methyl sites for hydroxylation is 10. The van der Waals surface area contributed by atoms with E-state index < -0.39 is 103 Å². The summed E-state index contributed by atoms with van der Waals surface area (Å²) in [4.78, 5) is 60.4. The van der Waals surface area contributed by atoms with Gasteiger partial charge in [-0.3, -0.25) is 19.2 Å². The number of halogens is 5. The molecule has 0 bridgehead atoms. The van der Waals surface area contributed by atoms with Crippen molar-refractivity contribution in [2.24, 2.45) is 0 Å². The van der Waals surface area contributed by atoms with E-state index in [1.54, 1.807) is 19.1 Å². The van der Waals surface area contributed by atoms with Gasteiger partial charge in [-0.15, -0.1) is 0 Å². The normalized spacial score (nSPS) is 12.8. The molecule has 4 heterocycles. The van der Waals surface area contributed by atoms with Crippen molar-refractivity contribution < 1.29 is 79.9 Å². The minimum atomic E-state index is -4.20. The number of amides is 4. The van der Waals surface area contributed by atoms with E-state index in [2.05, 4.69) is 39.2 Å². The Morgan fingerprint density at radius 1 is 0.421 bits per heavy atom. The average Bonchev–Trinajstić information content (AvgIpc) is 1.66. The molecular formula is C84H94Cl5N9O18S5. The monoisotopic (exact) mass is 1850 g/mol. The number of benzene rings is 7. The number of hydrogen-bond acceptors (Lipinski definition) is 18. The average molecular weight is 1860 g/mol. The van der Waals surface area contributed by atoms with Gasteiger partial charge in [0, 0.05) is 67.4 Å².